The van der Waals surface area contributed by atoms with Crippen LogP contribution in [0.25, 0.3) is 11.5 Å². The van der Waals surface area contributed by atoms with Crippen molar-refractivity contribution in [3.05, 3.63) is 36.2 Å². The van der Waals surface area contributed by atoms with Crippen LogP contribution in [0.3, 0.4) is 0 Å². The summed E-state index contributed by atoms with van der Waals surface area (Å²) < 4.78 is 10.7. The zero-order valence-electron chi connectivity index (χ0n) is 10.9. The van der Waals surface area contributed by atoms with Crippen molar-refractivity contribution in [2.45, 2.75) is 19.3 Å². The molecule has 4 heteroatoms. The van der Waals surface area contributed by atoms with E-state index in [4.69, 9.17) is 14.9 Å². The van der Waals surface area contributed by atoms with E-state index in [1.165, 1.54) is 0 Å². The lowest BCUT2D eigenvalue weighted by Crippen LogP contribution is -2.28. The zero-order valence-corrected chi connectivity index (χ0v) is 10.9. The van der Waals surface area contributed by atoms with E-state index in [1.54, 1.807) is 13.4 Å². The second-order valence-corrected chi connectivity index (χ2v) is 4.86. The lowest BCUT2D eigenvalue weighted by Gasteiger charge is -2.18. The Morgan fingerprint density at radius 3 is 2.83 bits per heavy atom. The summed E-state index contributed by atoms with van der Waals surface area (Å²) >= 11 is 0. The third-order valence-electron chi connectivity index (χ3n) is 3.02. The summed E-state index contributed by atoms with van der Waals surface area (Å²) in [6, 6.07) is 7.63. The molecule has 0 saturated carbocycles. The predicted molar refractivity (Wildman–Crippen MR) is 70.6 cm³/mol. The highest BCUT2D eigenvalue weighted by molar-refractivity contribution is 5.56. The molecular formula is C14H18N2O2. The Morgan fingerprint density at radius 2 is 2.17 bits per heavy atom. The van der Waals surface area contributed by atoms with Gasteiger partial charge in [-0.15, -0.1) is 0 Å². The maximum Gasteiger partial charge on any atom is 0.226 e. The van der Waals surface area contributed by atoms with Crippen molar-refractivity contribution < 1.29 is 9.15 Å². The number of ether oxygens (including phenoxy) is 1. The van der Waals surface area contributed by atoms with Gasteiger partial charge in [0, 0.05) is 17.5 Å². The average Bonchev–Trinajstić information content (AvgIpc) is 2.89. The topological polar surface area (TPSA) is 61.3 Å². The van der Waals surface area contributed by atoms with Gasteiger partial charge in [0.1, 0.15) is 12.0 Å². The molecule has 0 radical (unpaired) electrons. The van der Waals surface area contributed by atoms with Gasteiger partial charge in [0.15, 0.2) is 0 Å². The van der Waals surface area contributed by atoms with Crippen LogP contribution in [0.5, 0.6) is 5.75 Å². The van der Waals surface area contributed by atoms with Crippen molar-refractivity contribution in [2.24, 2.45) is 5.73 Å². The van der Waals surface area contributed by atoms with Gasteiger partial charge in [-0.2, -0.15) is 0 Å². The Morgan fingerprint density at radius 1 is 1.39 bits per heavy atom. The van der Waals surface area contributed by atoms with Crippen LogP contribution in [0.2, 0.25) is 0 Å². The molecule has 1 aromatic heterocycles. The Balaban J connectivity index is 2.35. The normalized spacial score (nSPS) is 11.6. The first-order valence-electron chi connectivity index (χ1n) is 5.87. The monoisotopic (exact) mass is 246 g/mol. The van der Waals surface area contributed by atoms with Crippen LogP contribution in [0.4, 0.5) is 0 Å². The van der Waals surface area contributed by atoms with Crippen LogP contribution >= 0.6 is 0 Å². The molecule has 0 spiro atoms. The number of nitrogens with two attached hydrogens (primary N) is 1. The summed E-state index contributed by atoms with van der Waals surface area (Å²) in [5.41, 5.74) is 7.31. The standard InChI is InChI=1S/C14H18N2O2/c1-14(2,9-15)12-8-18-13(16-12)10-5-4-6-11(7-10)17-3/h4-8H,9,15H2,1-3H3. The van der Waals surface area contributed by atoms with E-state index in [0.29, 0.717) is 12.4 Å². The van der Waals surface area contributed by atoms with E-state index in [2.05, 4.69) is 4.98 Å². The molecule has 0 aliphatic rings. The number of aromatic nitrogens is 1. The Labute approximate surface area is 107 Å². The molecule has 0 bridgehead atoms. The number of hydrogen-bond acceptors (Lipinski definition) is 4. The molecule has 2 rings (SSSR count). The molecule has 2 N–H and O–H groups in total. The highest BCUT2D eigenvalue weighted by Gasteiger charge is 2.23. The fourth-order valence-corrected chi connectivity index (χ4v) is 1.58. The number of nitrogens with zero attached hydrogens (tertiary/aromatic N) is 1. The van der Waals surface area contributed by atoms with Gasteiger partial charge in [-0.25, -0.2) is 4.98 Å². The SMILES string of the molecule is COc1cccc(-c2nc(C(C)(C)CN)co2)c1. The van der Waals surface area contributed by atoms with Crippen LogP contribution in [0.1, 0.15) is 19.5 Å². The smallest absolute Gasteiger partial charge is 0.226 e. The summed E-state index contributed by atoms with van der Waals surface area (Å²) in [7, 11) is 1.64. The lowest BCUT2D eigenvalue weighted by molar-refractivity contribution is 0.414. The first-order valence-corrected chi connectivity index (χ1v) is 5.87. The summed E-state index contributed by atoms with van der Waals surface area (Å²) in [5, 5.41) is 0. The molecule has 4 nitrogen and oxygen atoms in total. The number of hydrogen-bond donors (Lipinski definition) is 1. The molecule has 0 unspecified atom stereocenters. The van der Waals surface area contributed by atoms with E-state index in [0.717, 1.165) is 17.0 Å². The molecule has 1 aromatic carbocycles. The molecule has 0 aliphatic carbocycles. The quantitative estimate of drug-likeness (QED) is 0.900. The van der Waals surface area contributed by atoms with Crippen molar-refractivity contribution in [1.82, 2.24) is 4.98 Å². The molecule has 0 atom stereocenters. The number of rotatable bonds is 4. The van der Waals surface area contributed by atoms with Crippen molar-refractivity contribution in [3.8, 4) is 17.2 Å². The molecule has 0 aliphatic heterocycles. The minimum atomic E-state index is -0.180. The second-order valence-electron chi connectivity index (χ2n) is 4.86. The van der Waals surface area contributed by atoms with Gasteiger partial charge >= 0.3 is 0 Å². The molecular weight excluding hydrogens is 228 g/mol. The molecule has 1 heterocycles. The first-order chi connectivity index (χ1) is 8.56. The van der Waals surface area contributed by atoms with Gasteiger partial charge in [-0.05, 0) is 18.2 Å². The number of oxazole rings is 1. The first kappa shape index (κ1) is 12.6. The Kier molecular flexibility index (Phi) is 3.39. The summed E-state index contributed by atoms with van der Waals surface area (Å²) in [4.78, 5) is 4.50. The van der Waals surface area contributed by atoms with Crippen molar-refractivity contribution >= 4 is 0 Å². The molecule has 0 amide bonds. The van der Waals surface area contributed by atoms with Gasteiger partial charge in [0.05, 0.1) is 12.8 Å². The third-order valence-corrected chi connectivity index (χ3v) is 3.02. The van der Waals surface area contributed by atoms with Crippen LogP contribution in [-0.4, -0.2) is 18.6 Å². The minimum absolute atomic E-state index is 0.180. The average molecular weight is 246 g/mol. The van der Waals surface area contributed by atoms with Gasteiger partial charge in [0.2, 0.25) is 5.89 Å². The molecule has 0 fully saturated rings. The van der Waals surface area contributed by atoms with E-state index < -0.39 is 0 Å². The molecule has 18 heavy (non-hydrogen) atoms. The predicted octanol–water partition coefficient (Wildman–Crippen LogP) is 2.59. The third kappa shape index (κ3) is 2.38. The van der Waals surface area contributed by atoms with Crippen LogP contribution in [0, 0.1) is 0 Å². The molecule has 2 aromatic rings. The van der Waals surface area contributed by atoms with Gasteiger partial charge in [-0.1, -0.05) is 19.9 Å². The lowest BCUT2D eigenvalue weighted by atomic mass is 9.90. The fraction of sp³-hybridized carbons (Fsp3) is 0.357. The van der Waals surface area contributed by atoms with Crippen LogP contribution in [-0.2, 0) is 5.41 Å². The molecule has 0 saturated heterocycles. The summed E-state index contributed by atoms with van der Waals surface area (Å²) in [5.74, 6) is 1.37. The van der Waals surface area contributed by atoms with E-state index >= 15 is 0 Å². The second kappa shape index (κ2) is 4.82. The molecule has 96 valence electrons. The Hall–Kier alpha value is -1.81. The summed E-state index contributed by atoms with van der Waals surface area (Å²) in [6.45, 7) is 4.61. The van der Waals surface area contributed by atoms with E-state index in [1.807, 2.05) is 38.1 Å². The van der Waals surface area contributed by atoms with Crippen molar-refractivity contribution in [1.29, 1.82) is 0 Å². The van der Waals surface area contributed by atoms with Crippen molar-refractivity contribution in [3.63, 3.8) is 0 Å². The maximum absolute atomic E-state index is 5.73. The van der Waals surface area contributed by atoms with Crippen molar-refractivity contribution in [2.75, 3.05) is 13.7 Å². The highest BCUT2D eigenvalue weighted by atomic mass is 16.5. The number of methoxy groups -OCH3 is 1. The zero-order chi connectivity index (χ0) is 13.2. The van der Waals surface area contributed by atoms with E-state index in [9.17, 15) is 0 Å². The Bertz CT molecular complexity index is 532. The van der Waals surface area contributed by atoms with Crippen LogP contribution < -0.4 is 10.5 Å². The van der Waals surface area contributed by atoms with Gasteiger partial charge in [-0.3, -0.25) is 0 Å². The number of benzene rings is 1. The van der Waals surface area contributed by atoms with Crippen LogP contribution in [0.15, 0.2) is 34.9 Å². The highest BCUT2D eigenvalue weighted by Crippen LogP contribution is 2.27. The fourth-order valence-electron chi connectivity index (χ4n) is 1.58. The minimum Gasteiger partial charge on any atom is -0.497 e. The van der Waals surface area contributed by atoms with Gasteiger partial charge < -0.3 is 14.9 Å². The van der Waals surface area contributed by atoms with Gasteiger partial charge in [0.25, 0.3) is 0 Å². The maximum atomic E-state index is 5.73. The largest absolute Gasteiger partial charge is 0.497 e. The summed E-state index contributed by atoms with van der Waals surface area (Å²) in [6.07, 6.45) is 1.67. The van der Waals surface area contributed by atoms with E-state index in [-0.39, 0.29) is 5.41 Å².